The minimum absolute atomic E-state index is 0.547. The number of nitrogens with one attached hydrogen (secondary N) is 1. The number of guanidine groups is 1. The zero-order chi connectivity index (χ0) is 15.2. The summed E-state index contributed by atoms with van der Waals surface area (Å²) in [5, 5.41) is 3.16. The predicted octanol–water partition coefficient (Wildman–Crippen LogP) is 0.820. The highest BCUT2D eigenvalue weighted by Gasteiger charge is 2.08. The summed E-state index contributed by atoms with van der Waals surface area (Å²) in [6.45, 7) is 10.3. The van der Waals surface area contributed by atoms with Gasteiger partial charge >= 0.3 is 0 Å². The molecule has 21 heavy (non-hydrogen) atoms. The molecule has 124 valence electrons. The first kappa shape index (κ1) is 18.2. The van der Waals surface area contributed by atoms with Crippen molar-refractivity contribution in [3.63, 3.8) is 0 Å². The maximum Gasteiger partial charge on any atom is 0.188 e. The maximum atomic E-state index is 5.82. The van der Waals surface area contributed by atoms with E-state index in [4.69, 9.17) is 15.2 Å². The standard InChI is InChI=1S/C15H32N4O2/c1-2-3-11-20-12-5-7-18-15(16)17-6-4-8-19-9-13-21-14-10-19/h2-14H2,1H3,(H3,16,17,18). The zero-order valence-corrected chi connectivity index (χ0v) is 13.5. The number of aliphatic imine (C=N–C) groups is 1. The van der Waals surface area contributed by atoms with Crippen LogP contribution in [0.15, 0.2) is 4.99 Å². The van der Waals surface area contributed by atoms with Gasteiger partial charge in [0.15, 0.2) is 5.96 Å². The van der Waals surface area contributed by atoms with Gasteiger partial charge in [-0.05, 0) is 25.8 Å². The van der Waals surface area contributed by atoms with Crippen molar-refractivity contribution in [2.45, 2.75) is 32.6 Å². The van der Waals surface area contributed by atoms with E-state index in [1.807, 2.05) is 0 Å². The highest BCUT2D eigenvalue weighted by molar-refractivity contribution is 5.77. The Balaban J connectivity index is 1.89. The van der Waals surface area contributed by atoms with Gasteiger partial charge in [0.05, 0.1) is 13.2 Å². The molecule has 1 fully saturated rings. The number of hydrogen-bond donors (Lipinski definition) is 2. The summed E-state index contributed by atoms with van der Waals surface area (Å²) in [4.78, 5) is 6.72. The SMILES string of the molecule is CCCCOCCCN=C(N)NCCCN1CCOCC1. The fourth-order valence-electron chi connectivity index (χ4n) is 2.11. The van der Waals surface area contributed by atoms with Crippen LogP contribution in [0.3, 0.4) is 0 Å². The van der Waals surface area contributed by atoms with Gasteiger partial charge in [-0.2, -0.15) is 0 Å². The molecule has 1 aliphatic rings. The van der Waals surface area contributed by atoms with Crippen LogP contribution in [0.1, 0.15) is 32.6 Å². The molecular formula is C15H32N4O2. The Kier molecular flexibility index (Phi) is 11.1. The number of rotatable bonds is 11. The van der Waals surface area contributed by atoms with Gasteiger partial charge in [-0.25, -0.2) is 0 Å². The first-order valence-corrected chi connectivity index (χ1v) is 8.24. The maximum absolute atomic E-state index is 5.82. The van der Waals surface area contributed by atoms with Crippen molar-refractivity contribution in [2.75, 3.05) is 59.2 Å². The molecule has 1 heterocycles. The Morgan fingerprint density at radius 1 is 1.24 bits per heavy atom. The molecule has 0 aromatic rings. The molecule has 0 aliphatic carbocycles. The van der Waals surface area contributed by atoms with E-state index in [-0.39, 0.29) is 0 Å². The number of nitrogens with two attached hydrogens (primary N) is 1. The van der Waals surface area contributed by atoms with Gasteiger partial charge in [0.25, 0.3) is 0 Å². The van der Waals surface area contributed by atoms with Crippen LogP contribution in [0.5, 0.6) is 0 Å². The molecule has 0 radical (unpaired) electrons. The molecule has 0 amide bonds. The second kappa shape index (κ2) is 12.9. The van der Waals surface area contributed by atoms with Crippen LogP contribution in [0.25, 0.3) is 0 Å². The minimum Gasteiger partial charge on any atom is -0.381 e. The average Bonchev–Trinajstić information content (AvgIpc) is 2.52. The molecule has 1 saturated heterocycles. The van der Waals surface area contributed by atoms with Crippen molar-refractivity contribution >= 4 is 5.96 Å². The van der Waals surface area contributed by atoms with Crippen molar-refractivity contribution in [1.82, 2.24) is 10.2 Å². The van der Waals surface area contributed by atoms with Crippen LogP contribution in [0.4, 0.5) is 0 Å². The largest absolute Gasteiger partial charge is 0.381 e. The molecule has 1 aliphatic heterocycles. The van der Waals surface area contributed by atoms with Gasteiger partial charge < -0.3 is 20.5 Å². The van der Waals surface area contributed by atoms with Gasteiger partial charge in [0, 0.05) is 39.4 Å². The molecule has 0 aromatic carbocycles. The number of unbranched alkanes of at least 4 members (excludes halogenated alkanes) is 1. The summed E-state index contributed by atoms with van der Waals surface area (Å²) >= 11 is 0. The molecule has 3 N–H and O–H groups in total. The first-order chi connectivity index (χ1) is 10.3. The lowest BCUT2D eigenvalue weighted by atomic mass is 10.3. The third kappa shape index (κ3) is 10.5. The highest BCUT2D eigenvalue weighted by atomic mass is 16.5. The Hall–Kier alpha value is -0.850. The lowest BCUT2D eigenvalue weighted by molar-refractivity contribution is 0.0376. The molecule has 0 aromatic heterocycles. The van der Waals surface area contributed by atoms with Crippen molar-refractivity contribution in [1.29, 1.82) is 0 Å². The van der Waals surface area contributed by atoms with E-state index in [9.17, 15) is 0 Å². The molecule has 0 bridgehead atoms. The van der Waals surface area contributed by atoms with E-state index in [0.29, 0.717) is 5.96 Å². The fourth-order valence-corrected chi connectivity index (χ4v) is 2.11. The van der Waals surface area contributed by atoms with E-state index in [2.05, 4.69) is 22.1 Å². The van der Waals surface area contributed by atoms with Crippen LogP contribution in [0, 0.1) is 0 Å². The van der Waals surface area contributed by atoms with E-state index in [1.54, 1.807) is 0 Å². The lowest BCUT2D eigenvalue weighted by Crippen LogP contribution is -2.39. The van der Waals surface area contributed by atoms with Crippen molar-refractivity contribution in [3.8, 4) is 0 Å². The number of morpholine rings is 1. The molecular weight excluding hydrogens is 268 g/mol. The zero-order valence-electron chi connectivity index (χ0n) is 13.5. The van der Waals surface area contributed by atoms with Crippen LogP contribution in [-0.4, -0.2) is 70.0 Å². The fraction of sp³-hybridized carbons (Fsp3) is 0.933. The van der Waals surface area contributed by atoms with E-state index < -0.39 is 0 Å². The molecule has 0 unspecified atom stereocenters. The summed E-state index contributed by atoms with van der Waals surface area (Å²) in [7, 11) is 0. The molecule has 1 rings (SSSR count). The Morgan fingerprint density at radius 2 is 2.00 bits per heavy atom. The molecule has 0 spiro atoms. The third-order valence-corrected chi connectivity index (χ3v) is 3.43. The van der Waals surface area contributed by atoms with E-state index in [1.165, 1.54) is 6.42 Å². The van der Waals surface area contributed by atoms with Crippen LogP contribution in [-0.2, 0) is 9.47 Å². The van der Waals surface area contributed by atoms with Crippen molar-refractivity contribution < 1.29 is 9.47 Å². The monoisotopic (exact) mass is 300 g/mol. The summed E-state index contributed by atoms with van der Waals surface area (Å²) in [5.74, 6) is 0.547. The number of nitrogens with zero attached hydrogens (tertiary/aromatic N) is 2. The quantitative estimate of drug-likeness (QED) is 0.336. The van der Waals surface area contributed by atoms with Crippen LogP contribution in [0.2, 0.25) is 0 Å². The third-order valence-electron chi connectivity index (χ3n) is 3.43. The van der Waals surface area contributed by atoms with Crippen LogP contribution >= 0.6 is 0 Å². The van der Waals surface area contributed by atoms with Gasteiger partial charge in [-0.3, -0.25) is 9.89 Å². The lowest BCUT2D eigenvalue weighted by Gasteiger charge is -2.26. The Labute approximate surface area is 129 Å². The average molecular weight is 300 g/mol. The Morgan fingerprint density at radius 3 is 2.76 bits per heavy atom. The summed E-state index contributed by atoms with van der Waals surface area (Å²) in [6.07, 6.45) is 4.33. The number of ether oxygens (including phenoxy) is 2. The molecule has 0 saturated carbocycles. The second-order valence-corrected chi connectivity index (χ2v) is 5.32. The summed E-state index contributed by atoms with van der Waals surface area (Å²) in [5.41, 5.74) is 5.82. The second-order valence-electron chi connectivity index (χ2n) is 5.32. The van der Waals surface area contributed by atoms with Gasteiger partial charge in [-0.15, -0.1) is 0 Å². The smallest absolute Gasteiger partial charge is 0.188 e. The van der Waals surface area contributed by atoms with Gasteiger partial charge in [-0.1, -0.05) is 13.3 Å². The Bertz CT molecular complexity index is 268. The molecule has 6 nitrogen and oxygen atoms in total. The van der Waals surface area contributed by atoms with Crippen molar-refractivity contribution in [2.24, 2.45) is 10.7 Å². The van der Waals surface area contributed by atoms with Crippen molar-refractivity contribution in [3.05, 3.63) is 0 Å². The summed E-state index contributed by atoms with van der Waals surface area (Å²) < 4.78 is 10.8. The van der Waals surface area contributed by atoms with Crippen LogP contribution < -0.4 is 11.1 Å². The number of hydrogen-bond acceptors (Lipinski definition) is 4. The first-order valence-electron chi connectivity index (χ1n) is 8.24. The molecule has 6 heteroatoms. The van der Waals surface area contributed by atoms with E-state index in [0.717, 1.165) is 78.4 Å². The topological polar surface area (TPSA) is 72.1 Å². The normalized spacial score (nSPS) is 17.1. The predicted molar refractivity (Wildman–Crippen MR) is 86.7 cm³/mol. The van der Waals surface area contributed by atoms with Gasteiger partial charge in [0.2, 0.25) is 0 Å². The highest BCUT2D eigenvalue weighted by Crippen LogP contribution is 1.97. The van der Waals surface area contributed by atoms with E-state index >= 15 is 0 Å². The molecule has 0 atom stereocenters. The minimum atomic E-state index is 0.547. The van der Waals surface area contributed by atoms with Gasteiger partial charge in [0.1, 0.15) is 0 Å². The summed E-state index contributed by atoms with van der Waals surface area (Å²) in [6, 6.07) is 0.